The molecule has 0 aliphatic carbocycles. The molecule has 1 aliphatic rings. The summed E-state index contributed by atoms with van der Waals surface area (Å²) in [6.07, 6.45) is 10.1. The Kier molecular flexibility index (Phi) is 8.60. The lowest BCUT2D eigenvalue weighted by Crippen LogP contribution is -2.23. The summed E-state index contributed by atoms with van der Waals surface area (Å²) in [5, 5.41) is 8.79. The van der Waals surface area contributed by atoms with Gasteiger partial charge in [-0.3, -0.25) is 9.78 Å². The van der Waals surface area contributed by atoms with Crippen LogP contribution in [0.3, 0.4) is 0 Å². The van der Waals surface area contributed by atoms with Gasteiger partial charge in [0.25, 0.3) is 0 Å². The van der Waals surface area contributed by atoms with Crippen LogP contribution in [0.25, 0.3) is 11.1 Å². The highest BCUT2D eigenvalue weighted by molar-refractivity contribution is 5.66. The van der Waals surface area contributed by atoms with E-state index in [1.165, 1.54) is 11.1 Å². The summed E-state index contributed by atoms with van der Waals surface area (Å²) >= 11 is 0. The predicted octanol–water partition coefficient (Wildman–Crippen LogP) is 6.22. The molecule has 2 aromatic carbocycles. The van der Waals surface area contributed by atoms with E-state index in [0.717, 1.165) is 24.0 Å². The summed E-state index contributed by atoms with van der Waals surface area (Å²) in [5.41, 5.74) is 4.60. The van der Waals surface area contributed by atoms with Gasteiger partial charge in [0.2, 0.25) is 0 Å². The number of rotatable bonds is 11. The van der Waals surface area contributed by atoms with E-state index >= 15 is 0 Å². The molecule has 5 heteroatoms. The van der Waals surface area contributed by atoms with E-state index in [4.69, 9.17) is 14.6 Å². The molecule has 1 aromatic heterocycles. The molecular formula is C29H31NO4. The van der Waals surface area contributed by atoms with Gasteiger partial charge in [0.05, 0.1) is 25.4 Å². The molecule has 0 spiro atoms. The molecule has 3 aromatic rings. The zero-order valence-electron chi connectivity index (χ0n) is 19.3. The largest absolute Gasteiger partial charge is 0.481 e. The molecule has 2 heterocycles. The zero-order valence-corrected chi connectivity index (χ0v) is 19.3. The van der Waals surface area contributed by atoms with E-state index in [0.29, 0.717) is 19.6 Å². The number of ether oxygens (including phenoxy) is 2. The highest BCUT2D eigenvalue weighted by Gasteiger charge is 2.38. The number of benzene rings is 2. The van der Waals surface area contributed by atoms with Gasteiger partial charge in [0.1, 0.15) is 0 Å². The quantitative estimate of drug-likeness (QED) is 0.346. The molecule has 0 amide bonds. The minimum absolute atomic E-state index is 0.00794. The van der Waals surface area contributed by atoms with E-state index in [-0.39, 0.29) is 24.5 Å². The number of hydrogen-bond acceptors (Lipinski definition) is 4. The van der Waals surface area contributed by atoms with Crippen molar-refractivity contribution in [3.8, 4) is 11.1 Å². The molecule has 0 radical (unpaired) electrons. The number of carboxylic acids is 1. The summed E-state index contributed by atoms with van der Waals surface area (Å²) < 4.78 is 12.5. The Bertz CT molecular complexity index is 1050. The predicted molar refractivity (Wildman–Crippen MR) is 132 cm³/mol. The van der Waals surface area contributed by atoms with Crippen LogP contribution in [-0.2, 0) is 20.9 Å². The van der Waals surface area contributed by atoms with Crippen molar-refractivity contribution in [2.24, 2.45) is 5.92 Å². The Hall–Kier alpha value is -3.28. The molecule has 4 rings (SSSR count). The number of aliphatic carboxylic acids is 1. The molecule has 1 N–H and O–H groups in total. The van der Waals surface area contributed by atoms with Crippen LogP contribution in [0.2, 0.25) is 0 Å². The minimum Gasteiger partial charge on any atom is -0.481 e. The van der Waals surface area contributed by atoms with Crippen molar-refractivity contribution in [3.05, 3.63) is 102 Å². The maximum absolute atomic E-state index is 10.7. The molecule has 3 atom stereocenters. The number of carbonyl (C=O) groups is 1. The Morgan fingerprint density at radius 1 is 1.00 bits per heavy atom. The van der Waals surface area contributed by atoms with E-state index in [1.54, 1.807) is 6.20 Å². The van der Waals surface area contributed by atoms with Crippen LogP contribution in [0, 0.1) is 5.92 Å². The second-order valence-electron chi connectivity index (χ2n) is 8.60. The summed E-state index contributed by atoms with van der Waals surface area (Å²) in [5.74, 6) is -0.562. The van der Waals surface area contributed by atoms with Crippen molar-refractivity contribution in [1.29, 1.82) is 0 Å². The third-order valence-corrected chi connectivity index (χ3v) is 6.20. The molecular weight excluding hydrogens is 426 g/mol. The van der Waals surface area contributed by atoms with Crippen LogP contribution in [0.1, 0.15) is 42.9 Å². The Morgan fingerprint density at radius 2 is 1.76 bits per heavy atom. The monoisotopic (exact) mass is 457 g/mol. The summed E-state index contributed by atoms with van der Waals surface area (Å²) in [6, 6.07) is 22.8. The molecule has 1 aliphatic heterocycles. The van der Waals surface area contributed by atoms with Crippen LogP contribution in [0.5, 0.6) is 0 Å². The molecule has 34 heavy (non-hydrogen) atoms. The Balaban J connectivity index is 1.37. The van der Waals surface area contributed by atoms with Crippen molar-refractivity contribution in [3.63, 3.8) is 0 Å². The van der Waals surface area contributed by atoms with E-state index in [1.807, 2.05) is 36.5 Å². The maximum atomic E-state index is 10.7. The highest BCUT2D eigenvalue weighted by Crippen LogP contribution is 2.39. The fraction of sp³-hybridized carbons (Fsp3) is 0.310. The van der Waals surface area contributed by atoms with Crippen LogP contribution in [0.15, 0.2) is 91.3 Å². The second kappa shape index (κ2) is 12.3. The van der Waals surface area contributed by atoms with Crippen molar-refractivity contribution in [2.75, 3.05) is 6.61 Å². The third kappa shape index (κ3) is 6.62. The number of aromatic nitrogens is 1. The fourth-order valence-electron chi connectivity index (χ4n) is 4.40. The lowest BCUT2D eigenvalue weighted by Gasteiger charge is -2.23. The molecule has 5 nitrogen and oxygen atoms in total. The molecule has 0 bridgehead atoms. The smallest absolute Gasteiger partial charge is 0.303 e. The zero-order chi connectivity index (χ0) is 23.6. The van der Waals surface area contributed by atoms with Crippen molar-refractivity contribution in [1.82, 2.24) is 4.98 Å². The first kappa shape index (κ1) is 23.9. The van der Waals surface area contributed by atoms with Crippen LogP contribution in [-0.4, -0.2) is 28.8 Å². The number of carboxylic acid groups (broad SMARTS) is 1. The third-order valence-electron chi connectivity index (χ3n) is 6.20. The maximum Gasteiger partial charge on any atom is 0.303 e. The first-order valence-corrected chi connectivity index (χ1v) is 11.8. The highest BCUT2D eigenvalue weighted by atomic mass is 16.6. The molecule has 3 unspecified atom stereocenters. The van der Waals surface area contributed by atoms with Gasteiger partial charge >= 0.3 is 5.97 Å². The van der Waals surface area contributed by atoms with E-state index < -0.39 is 5.97 Å². The fourth-order valence-corrected chi connectivity index (χ4v) is 4.40. The molecule has 1 fully saturated rings. The molecule has 1 saturated heterocycles. The average Bonchev–Trinajstić information content (AvgIpc) is 3.28. The van der Waals surface area contributed by atoms with Crippen molar-refractivity contribution >= 4 is 5.97 Å². The summed E-state index contributed by atoms with van der Waals surface area (Å²) in [6.45, 7) is 1.09. The normalized spacial score (nSPS) is 20.1. The topological polar surface area (TPSA) is 68.7 Å². The minimum atomic E-state index is -0.768. The van der Waals surface area contributed by atoms with Gasteiger partial charge in [-0.05, 0) is 47.6 Å². The van der Waals surface area contributed by atoms with Gasteiger partial charge in [0.15, 0.2) is 0 Å². The molecule has 0 saturated carbocycles. The second-order valence-corrected chi connectivity index (χ2v) is 8.60. The number of nitrogens with zero attached hydrogens (tertiary/aromatic N) is 1. The van der Waals surface area contributed by atoms with Gasteiger partial charge in [0, 0.05) is 24.7 Å². The van der Waals surface area contributed by atoms with E-state index in [9.17, 15) is 4.79 Å². The summed E-state index contributed by atoms with van der Waals surface area (Å²) in [4.78, 5) is 15.0. The lowest BCUT2D eigenvalue weighted by molar-refractivity contribution is -0.136. The lowest BCUT2D eigenvalue weighted by atomic mass is 9.90. The molecule has 176 valence electrons. The van der Waals surface area contributed by atoms with Crippen molar-refractivity contribution < 1.29 is 19.4 Å². The number of pyridine rings is 1. The first-order chi connectivity index (χ1) is 16.7. The standard InChI is InChI=1S/C29H31NO4/c31-28(32)13-7-2-1-6-12-26-27(21-34-29(26)25-11-8-18-30-19-25)33-20-22-14-16-24(17-15-22)23-9-4-3-5-10-23/h1-5,8-11,14-19,26-27,29H,6-7,12-13,20-21H2,(H,31,32). The average molecular weight is 458 g/mol. The Morgan fingerprint density at radius 3 is 2.50 bits per heavy atom. The van der Waals surface area contributed by atoms with Crippen LogP contribution < -0.4 is 0 Å². The van der Waals surface area contributed by atoms with Gasteiger partial charge in [-0.2, -0.15) is 0 Å². The first-order valence-electron chi connectivity index (χ1n) is 11.8. The Labute approximate surface area is 201 Å². The number of hydrogen-bond donors (Lipinski definition) is 1. The SMILES string of the molecule is O=C(O)CCC=CCCC1C(OCc2ccc(-c3ccccc3)cc2)COC1c1cccnc1. The van der Waals surface area contributed by atoms with Gasteiger partial charge in [-0.1, -0.05) is 72.8 Å². The van der Waals surface area contributed by atoms with Crippen LogP contribution in [0.4, 0.5) is 0 Å². The van der Waals surface area contributed by atoms with E-state index in [2.05, 4.69) is 53.5 Å². The van der Waals surface area contributed by atoms with Gasteiger partial charge in [-0.25, -0.2) is 0 Å². The van der Waals surface area contributed by atoms with Gasteiger partial charge in [-0.15, -0.1) is 0 Å². The van der Waals surface area contributed by atoms with Crippen LogP contribution >= 0.6 is 0 Å². The summed E-state index contributed by atoms with van der Waals surface area (Å²) in [7, 11) is 0. The van der Waals surface area contributed by atoms with Gasteiger partial charge < -0.3 is 14.6 Å². The van der Waals surface area contributed by atoms with Crippen molar-refractivity contribution in [2.45, 2.75) is 44.5 Å². The number of allylic oxidation sites excluding steroid dienone is 2.